The molecule has 1 aliphatic carbocycles. The lowest BCUT2D eigenvalue weighted by Crippen LogP contribution is -2.27. The number of halogens is 2. The van der Waals surface area contributed by atoms with E-state index >= 15 is 0 Å². The molecule has 0 spiro atoms. The summed E-state index contributed by atoms with van der Waals surface area (Å²) in [7, 11) is 0. The summed E-state index contributed by atoms with van der Waals surface area (Å²) in [5.74, 6) is -1.07. The maximum atomic E-state index is 13.1. The number of hydrogen-bond donors (Lipinski definition) is 1. The van der Waals surface area contributed by atoms with E-state index in [2.05, 4.69) is 5.10 Å². The number of ether oxygens (including phenoxy) is 1. The number of pyridine rings is 1. The molecule has 2 N–H and O–H groups in total. The second kappa shape index (κ2) is 9.45. The second-order valence-electron chi connectivity index (χ2n) is 5.36. The minimum absolute atomic E-state index is 0.0368. The Labute approximate surface area is 143 Å². The average molecular weight is 341 g/mol. The van der Waals surface area contributed by atoms with Gasteiger partial charge in [-0.05, 0) is 37.0 Å². The summed E-state index contributed by atoms with van der Waals surface area (Å²) in [6, 6.07) is 5.34. The van der Waals surface area contributed by atoms with E-state index in [0.717, 1.165) is 5.52 Å². The monoisotopic (exact) mass is 341 g/mol. The third-order valence-corrected chi connectivity index (χ3v) is 3.86. The summed E-state index contributed by atoms with van der Waals surface area (Å²) in [4.78, 5) is 0. The van der Waals surface area contributed by atoms with Crippen LogP contribution in [0.4, 0.5) is 14.6 Å². The topological polar surface area (TPSA) is 52.5 Å². The van der Waals surface area contributed by atoms with E-state index in [1.807, 2.05) is 33.8 Å². The molecule has 4 nitrogen and oxygen atoms in total. The highest BCUT2D eigenvalue weighted by molar-refractivity contribution is 5.62. The van der Waals surface area contributed by atoms with E-state index < -0.39 is 5.92 Å². The van der Waals surface area contributed by atoms with Crippen LogP contribution in [0.15, 0.2) is 24.4 Å². The smallest absolute Gasteiger partial charge is 0.248 e. The van der Waals surface area contributed by atoms with E-state index in [-0.39, 0.29) is 18.8 Å². The van der Waals surface area contributed by atoms with E-state index in [1.165, 1.54) is 0 Å². The minimum Gasteiger partial charge on any atom is -0.491 e. The molecular weight excluding hydrogens is 312 g/mol. The van der Waals surface area contributed by atoms with Crippen LogP contribution < -0.4 is 10.5 Å². The number of rotatable bonds is 3. The summed E-state index contributed by atoms with van der Waals surface area (Å²) < 4.78 is 33.6. The van der Waals surface area contributed by atoms with Gasteiger partial charge in [-0.15, -0.1) is 0 Å². The average Bonchev–Trinajstić information content (AvgIpc) is 3.10. The number of nitrogens with zero attached hydrogens (tertiary/aromatic N) is 2. The Balaban J connectivity index is 0.000000671. The minimum atomic E-state index is -2.49. The largest absolute Gasteiger partial charge is 0.491 e. The fraction of sp³-hybridized carbons (Fsp3) is 0.611. The molecule has 2 aromatic heterocycles. The van der Waals surface area contributed by atoms with Crippen molar-refractivity contribution in [1.29, 1.82) is 0 Å². The van der Waals surface area contributed by atoms with Gasteiger partial charge in [-0.2, -0.15) is 5.10 Å². The number of nitrogen functional groups attached to an aromatic ring is 1. The molecule has 136 valence electrons. The van der Waals surface area contributed by atoms with Crippen LogP contribution in [0.25, 0.3) is 5.52 Å². The number of aromatic nitrogens is 2. The van der Waals surface area contributed by atoms with Crippen molar-refractivity contribution < 1.29 is 13.5 Å². The van der Waals surface area contributed by atoms with Gasteiger partial charge in [0, 0.05) is 12.8 Å². The first kappa shape index (κ1) is 20.2. The van der Waals surface area contributed by atoms with Crippen molar-refractivity contribution in [3.05, 3.63) is 24.4 Å². The van der Waals surface area contributed by atoms with E-state index in [9.17, 15) is 8.78 Å². The van der Waals surface area contributed by atoms with Gasteiger partial charge >= 0.3 is 0 Å². The van der Waals surface area contributed by atoms with E-state index in [4.69, 9.17) is 10.5 Å². The first-order valence-corrected chi connectivity index (χ1v) is 8.78. The molecule has 1 fully saturated rings. The number of anilines is 1. The molecule has 0 unspecified atom stereocenters. The lowest BCUT2D eigenvalue weighted by Gasteiger charge is -2.28. The van der Waals surface area contributed by atoms with Gasteiger partial charge in [-0.3, -0.25) is 0 Å². The zero-order valence-corrected chi connectivity index (χ0v) is 15.1. The second-order valence-corrected chi connectivity index (χ2v) is 5.36. The lowest BCUT2D eigenvalue weighted by atomic mass is 9.87. The molecule has 2 aromatic rings. The molecule has 3 rings (SSSR count). The molecule has 0 atom stereocenters. The molecule has 0 saturated heterocycles. The van der Waals surface area contributed by atoms with Crippen molar-refractivity contribution in [2.75, 3.05) is 12.3 Å². The highest BCUT2D eigenvalue weighted by Crippen LogP contribution is 2.36. The Hall–Kier alpha value is -1.85. The Kier molecular flexibility index (Phi) is 7.95. The fourth-order valence-electron chi connectivity index (χ4n) is 2.61. The Morgan fingerprint density at radius 2 is 1.79 bits per heavy atom. The zero-order chi connectivity index (χ0) is 18.2. The molecule has 0 aromatic carbocycles. The van der Waals surface area contributed by atoms with Crippen LogP contribution in [0.1, 0.15) is 53.4 Å². The molecule has 0 aliphatic heterocycles. The van der Waals surface area contributed by atoms with Gasteiger partial charge in [0.2, 0.25) is 5.92 Å². The van der Waals surface area contributed by atoms with Crippen LogP contribution in [-0.2, 0) is 0 Å². The van der Waals surface area contributed by atoms with Crippen molar-refractivity contribution in [2.24, 2.45) is 5.92 Å². The van der Waals surface area contributed by atoms with Crippen LogP contribution in [0.2, 0.25) is 0 Å². The quantitative estimate of drug-likeness (QED) is 0.837. The van der Waals surface area contributed by atoms with Crippen LogP contribution in [0.3, 0.4) is 0 Å². The van der Waals surface area contributed by atoms with Crippen molar-refractivity contribution in [2.45, 2.75) is 59.3 Å². The highest BCUT2D eigenvalue weighted by atomic mass is 19.3. The maximum absolute atomic E-state index is 13.1. The van der Waals surface area contributed by atoms with Gasteiger partial charge in [0.1, 0.15) is 17.1 Å². The van der Waals surface area contributed by atoms with Gasteiger partial charge in [-0.25, -0.2) is 13.3 Å². The van der Waals surface area contributed by atoms with Gasteiger partial charge in [0.05, 0.1) is 12.8 Å². The molecule has 0 bridgehead atoms. The van der Waals surface area contributed by atoms with Crippen LogP contribution in [-0.4, -0.2) is 22.1 Å². The molecule has 1 saturated carbocycles. The van der Waals surface area contributed by atoms with Gasteiger partial charge in [0.25, 0.3) is 0 Å². The number of fused-ring (bicyclic) bond motifs is 1. The normalized spacial score (nSPS) is 16.6. The number of alkyl halides is 2. The SMILES string of the molecule is CC.CC.Nc1ccc(OCC2CCC(F)(F)CC2)c2ccnn12. The Morgan fingerprint density at radius 1 is 1.17 bits per heavy atom. The lowest BCUT2D eigenvalue weighted by molar-refractivity contribution is -0.0498. The van der Waals surface area contributed by atoms with Crippen molar-refractivity contribution in [3.8, 4) is 5.75 Å². The van der Waals surface area contributed by atoms with E-state index in [1.54, 1.807) is 22.8 Å². The standard InChI is InChI=1S/C14H17F2N3O.2C2H6/c15-14(16)6-3-10(4-7-14)9-20-12-1-2-13(17)19-11(12)5-8-18-19;2*1-2/h1-2,5,8,10H,3-4,6-7,9,17H2;2*1-2H3. The van der Waals surface area contributed by atoms with Gasteiger partial charge in [0.15, 0.2) is 0 Å². The Morgan fingerprint density at radius 3 is 2.42 bits per heavy atom. The molecule has 0 amide bonds. The molecule has 6 heteroatoms. The van der Waals surface area contributed by atoms with Gasteiger partial charge in [-0.1, -0.05) is 27.7 Å². The van der Waals surface area contributed by atoms with Crippen molar-refractivity contribution in [3.63, 3.8) is 0 Å². The molecule has 24 heavy (non-hydrogen) atoms. The first-order valence-electron chi connectivity index (χ1n) is 8.78. The number of nitrogens with two attached hydrogens (primary N) is 1. The fourth-order valence-corrected chi connectivity index (χ4v) is 2.61. The van der Waals surface area contributed by atoms with Crippen molar-refractivity contribution in [1.82, 2.24) is 9.61 Å². The Bertz CT molecular complexity index is 603. The predicted octanol–water partition coefficient (Wildman–Crippen LogP) is 5.17. The third kappa shape index (κ3) is 5.08. The summed E-state index contributed by atoms with van der Waals surface area (Å²) in [5.41, 5.74) is 6.60. The molecule has 2 heterocycles. The summed E-state index contributed by atoms with van der Waals surface area (Å²) >= 11 is 0. The molecule has 1 aliphatic rings. The molecule has 0 radical (unpaired) electrons. The summed E-state index contributed by atoms with van der Waals surface area (Å²) in [6.07, 6.45) is 2.60. The zero-order valence-electron chi connectivity index (χ0n) is 15.1. The van der Waals surface area contributed by atoms with Crippen LogP contribution in [0, 0.1) is 5.92 Å². The maximum Gasteiger partial charge on any atom is 0.248 e. The highest BCUT2D eigenvalue weighted by Gasteiger charge is 2.35. The first-order chi connectivity index (χ1) is 11.6. The summed E-state index contributed by atoms with van der Waals surface area (Å²) in [6.45, 7) is 8.46. The van der Waals surface area contributed by atoms with Crippen molar-refractivity contribution >= 4 is 11.3 Å². The molecular formula is C18H29F2N3O. The third-order valence-electron chi connectivity index (χ3n) is 3.86. The summed E-state index contributed by atoms with van der Waals surface area (Å²) in [5, 5.41) is 4.11. The van der Waals surface area contributed by atoms with Gasteiger partial charge < -0.3 is 10.5 Å². The van der Waals surface area contributed by atoms with E-state index in [0.29, 0.717) is 31.0 Å². The number of hydrogen-bond acceptors (Lipinski definition) is 3. The predicted molar refractivity (Wildman–Crippen MR) is 94.7 cm³/mol. The van der Waals surface area contributed by atoms with Crippen LogP contribution >= 0.6 is 0 Å². The van der Waals surface area contributed by atoms with Crippen LogP contribution in [0.5, 0.6) is 5.75 Å².